The summed E-state index contributed by atoms with van der Waals surface area (Å²) < 4.78 is 0. The fourth-order valence-corrected chi connectivity index (χ4v) is 3.38. The molecule has 6 heteroatoms. The third kappa shape index (κ3) is 2.10. The first-order valence-electron chi connectivity index (χ1n) is 8.29. The first-order valence-corrected chi connectivity index (χ1v) is 8.29. The third-order valence-corrected chi connectivity index (χ3v) is 4.75. The van der Waals surface area contributed by atoms with Gasteiger partial charge in [0.05, 0.1) is 29.9 Å². The normalized spacial score (nSPS) is 16.6. The second-order valence-electron chi connectivity index (χ2n) is 6.63. The van der Waals surface area contributed by atoms with Gasteiger partial charge in [0.1, 0.15) is 17.5 Å². The third-order valence-electron chi connectivity index (χ3n) is 4.75. The van der Waals surface area contributed by atoms with E-state index in [9.17, 15) is 4.79 Å². The lowest BCUT2D eigenvalue weighted by Crippen LogP contribution is -2.19. The summed E-state index contributed by atoms with van der Waals surface area (Å²) >= 11 is 0. The predicted molar refractivity (Wildman–Crippen MR) is 91.0 cm³/mol. The molecule has 0 amide bonds. The maximum absolute atomic E-state index is 12.2. The number of rotatable bonds is 2. The van der Waals surface area contributed by atoms with Gasteiger partial charge in [-0.15, -0.1) is 0 Å². The number of anilines is 1. The van der Waals surface area contributed by atoms with Crippen LogP contribution in [-0.2, 0) is 13.1 Å². The first-order chi connectivity index (χ1) is 11.7. The van der Waals surface area contributed by atoms with Crippen LogP contribution in [0.15, 0.2) is 29.1 Å². The quantitative estimate of drug-likeness (QED) is 0.785. The van der Waals surface area contributed by atoms with Crippen LogP contribution in [0.25, 0.3) is 10.9 Å². The number of para-hydroxylation sites is 1. The first kappa shape index (κ1) is 13.7. The van der Waals surface area contributed by atoms with Gasteiger partial charge < -0.3 is 9.88 Å². The van der Waals surface area contributed by atoms with Crippen molar-refractivity contribution >= 4 is 16.7 Å². The van der Waals surface area contributed by atoms with Crippen LogP contribution < -0.4 is 10.5 Å². The van der Waals surface area contributed by atoms with Crippen molar-refractivity contribution in [1.82, 2.24) is 19.9 Å². The van der Waals surface area contributed by atoms with Crippen molar-refractivity contribution in [3.05, 3.63) is 57.5 Å². The highest BCUT2D eigenvalue weighted by Gasteiger charge is 2.30. The van der Waals surface area contributed by atoms with Crippen LogP contribution in [0.5, 0.6) is 0 Å². The van der Waals surface area contributed by atoms with Crippen molar-refractivity contribution in [3.8, 4) is 0 Å². The van der Waals surface area contributed by atoms with Gasteiger partial charge in [0, 0.05) is 11.3 Å². The molecule has 2 aromatic heterocycles. The number of benzene rings is 1. The molecule has 1 saturated carbocycles. The molecule has 1 aliphatic carbocycles. The fraction of sp³-hybridized carbons (Fsp3) is 0.333. The zero-order valence-electron chi connectivity index (χ0n) is 13.4. The lowest BCUT2D eigenvalue weighted by molar-refractivity contribution is 0.830. The number of nitrogens with one attached hydrogen (secondary N) is 1. The predicted octanol–water partition coefficient (Wildman–Crippen LogP) is 2.42. The molecule has 0 atom stereocenters. The smallest absolute Gasteiger partial charge is 0.256 e. The van der Waals surface area contributed by atoms with Gasteiger partial charge in [-0.25, -0.2) is 15.0 Å². The average Bonchev–Trinajstić information content (AvgIpc) is 3.33. The number of fused-ring (bicyclic) bond motifs is 2. The molecule has 0 radical (unpaired) electrons. The highest BCUT2D eigenvalue weighted by molar-refractivity contribution is 5.89. The Morgan fingerprint density at radius 3 is 2.79 bits per heavy atom. The highest BCUT2D eigenvalue weighted by atomic mass is 16.1. The minimum Gasteiger partial charge on any atom is -0.345 e. The van der Waals surface area contributed by atoms with Crippen LogP contribution in [0.2, 0.25) is 0 Å². The number of aryl methyl sites for hydroxylation is 1. The van der Waals surface area contributed by atoms with E-state index in [1.165, 1.54) is 12.8 Å². The van der Waals surface area contributed by atoms with Gasteiger partial charge in [-0.2, -0.15) is 0 Å². The second kappa shape index (κ2) is 4.87. The molecule has 3 aromatic rings. The highest BCUT2D eigenvalue weighted by Crippen LogP contribution is 2.40. The van der Waals surface area contributed by atoms with Gasteiger partial charge in [-0.1, -0.05) is 12.1 Å². The summed E-state index contributed by atoms with van der Waals surface area (Å²) in [5.41, 5.74) is 2.53. The Kier molecular flexibility index (Phi) is 2.77. The Balaban J connectivity index is 1.65. The number of nitrogens with zero attached hydrogens (tertiary/aromatic N) is 4. The molecule has 5 rings (SSSR count). The fourth-order valence-electron chi connectivity index (χ4n) is 3.38. The van der Waals surface area contributed by atoms with Crippen molar-refractivity contribution < 1.29 is 0 Å². The summed E-state index contributed by atoms with van der Waals surface area (Å²) in [5.74, 6) is 2.99. The molecule has 1 aromatic carbocycles. The topological polar surface area (TPSA) is 74.8 Å². The Hall–Kier alpha value is -2.76. The monoisotopic (exact) mass is 319 g/mol. The Bertz CT molecular complexity index is 1020. The molecule has 0 unspecified atom stereocenters. The summed E-state index contributed by atoms with van der Waals surface area (Å²) in [6.07, 6.45) is 2.33. The number of H-pyrrole nitrogens is 1. The minimum absolute atomic E-state index is 0.0409. The molecule has 120 valence electrons. The van der Waals surface area contributed by atoms with Crippen molar-refractivity contribution in [3.63, 3.8) is 0 Å². The molecule has 1 fully saturated rings. The van der Waals surface area contributed by atoms with Gasteiger partial charge in [0.2, 0.25) is 0 Å². The Morgan fingerprint density at radius 2 is 1.96 bits per heavy atom. The van der Waals surface area contributed by atoms with E-state index in [1.807, 2.05) is 31.2 Å². The molecule has 0 spiro atoms. The molecule has 24 heavy (non-hydrogen) atoms. The molecule has 0 bridgehead atoms. The zero-order valence-corrected chi connectivity index (χ0v) is 13.4. The van der Waals surface area contributed by atoms with Crippen LogP contribution >= 0.6 is 0 Å². The van der Waals surface area contributed by atoms with Crippen molar-refractivity contribution in [2.75, 3.05) is 4.90 Å². The van der Waals surface area contributed by atoms with Gasteiger partial charge in [0.25, 0.3) is 5.56 Å². The average molecular weight is 319 g/mol. The summed E-state index contributed by atoms with van der Waals surface area (Å²) in [6, 6.07) is 8.09. The van der Waals surface area contributed by atoms with Crippen LogP contribution in [-0.4, -0.2) is 19.9 Å². The van der Waals surface area contributed by atoms with E-state index in [0.29, 0.717) is 24.8 Å². The van der Waals surface area contributed by atoms with Gasteiger partial charge in [-0.05, 0) is 31.9 Å². The van der Waals surface area contributed by atoms with Crippen LogP contribution in [0.4, 0.5) is 5.82 Å². The minimum atomic E-state index is -0.0409. The number of hydrogen-bond donors (Lipinski definition) is 1. The van der Waals surface area contributed by atoms with Gasteiger partial charge >= 0.3 is 0 Å². The number of hydrogen-bond acceptors (Lipinski definition) is 5. The van der Waals surface area contributed by atoms with Crippen molar-refractivity contribution in [2.45, 2.75) is 38.8 Å². The Morgan fingerprint density at radius 1 is 1.12 bits per heavy atom. The SMILES string of the molecule is Cc1nc2c(c(=O)[nH]1)CN(c1nc(C3CC3)nc3ccccc13)C2. The van der Waals surface area contributed by atoms with E-state index in [4.69, 9.17) is 9.97 Å². The standard InChI is InChI=1S/C18H17N5O/c1-10-19-15-9-23(8-13(15)18(24)20-10)17-12-4-2-3-5-14(12)21-16(22-17)11-6-7-11/h2-5,11H,6-9H2,1H3,(H,19,20,24). The zero-order chi connectivity index (χ0) is 16.3. The van der Waals surface area contributed by atoms with Gasteiger partial charge in [-0.3, -0.25) is 4.79 Å². The lowest BCUT2D eigenvalue weighted by Gasteiger charge is -2.19. The summed E-state index contributed by atoms with van der Waals surface area (Å²) in [5, 5.41) is 1.03. The maximum Gasteiger partial charge on any atom is 0.256 e. The van der Waals surface area contributed by atoms with Crippen LogP contribution in [0.3, 0.4) is 0 Å². The van der Waals surface area contributed by atoms with E-state index in [0.717, 1.165) is 33.8 Å². The van der Waals surface area contributed by atoms with E-state index >= 15 is 0 Å². The molecule has 1 aliphatic heterocycles. The van der Waals surface area contributed by atoms with Crippen molar-refractivity contribution in [1.29, 1.82) is 0 Å². The van der Waals surface area contributed by atoms with Crippen molar-refractivity contribution in [2.24, 2.45) is 0 Å². The Labute approximate surface area is 138 Å². The molecular formula is C18H17N5O. The summed E-state index contributed by atoms with van der Waals surface area (Å²) in [7, 11) is 0. The van der Waals surface area contributed by atoms with Gasteiger partial charge in [0.15, 0.2) is 0 Å². The molecular weight excluding hydrogens is 302 g/mol. The molecule has 6 nitrogen and oxygen atoms in total. The van der Waals surface area contributed by atoms with E-state index < -0.39 is 0 Å². The largest absolute Gasteiger partial charge is 0.345 e. The van der Waals surface area contributed by atoms with E-state index in [1.54, 1.807) is 0 Å². The lowest BCUT2D eigenvalue weighted by atomic mass is 10.2. The van der Waals surface area contributed by atoms with E-state index in [-0.39, 0.29) is 5.56 Å². The van der Waals surface area contributed by atoms with Crippen LogP contribution in [0.1, 0.15) is 41.7 Å². The molecule has 2 aliphatic rings. The number of aromatic nitrogens is 4. The second-order valence-corrected chi connectivity index (χ2v) is 6.63. The van der Waals surface area contributed by atoms with Crippen LogP contribution in [0, 0.1) is 6.92 Å². The number of aromatic amines is 1. The molecule has 1 N–H and O–H groups in total. The van der Waals surface area contributed by atoms with E-state index in [2.05, 4.69) is 14.9 Å². The molecule has 0 saturated heterocycles. The maximum atomic E-state index is 12.2. The summed E-state index contributed by atoms with van der Waals surface area (Å²) in [6.45, 7) is 2.98. The molecule has 3 heterocycles. The summed E-state index contributed by atoms with van der Waals surface area (Å²) in [4.78, 5) is 31.2.